The van der Waals surface area contributed by atoms with E-state index >= 15 is 0 Å². The van der Waals surface area contributed by atoms with Gasteiger partial charge in [-0.05, 0) is 37.1 Å². The molecule has 26 heavy (non-hydrogen) atoms. The minimum Gasteiger partial charge on any atom is -0.350 e. The fourth-order valence-electron chi connectivity index (χ4n) is 3.00. The summed E-state index contributed by atoms with van der Waals surface area (Å²) in [5.74, 6) is -2.33. The van der Waals surface area contributed by atoms with Gasteiger partial charge in [-0.3, -0.25) is 14.6 Å². The van der Waals surface area contributed by atoms with Gasteiger partial charge < -0.3 is 10.2 Å². The summed E-state index contributed by atoms with van der Waals surface area (Å²) in [5.41, 5.74) is 0.629. The molecular weight excluding hydrogens is 340 g/mol. The minimum absolute atomic E-state index is 0.0734. The van der Waals surface area contributed by atoms with Crippen LogP contribution in [-0.4, -0.2) is 34.8 Å². The lowest BCUT2D eigenvalue weighted by Crippen LogP contribution is -2.43. The number of pyridine rings is 1. The third-order valence-corrected chi connectivity index (χ3v) is 4.48. The van der Waals surface area contributed by atoms with Crippen molar-refractivity contribution in [2.75, 3.05) is 13.1 Å². The van der Waals surface area contributed by atoms with Crippen LogP contribution in [0.5, 0.6) is 0 Å². The van der Waals surface area contributed by atoms with Gasteiger partial charge in [-0.2, -0.15) is 0 Å². The Labute approximate surface area is 150 Å². The van der Waals surface area contributed by atoms with E-state index < -0.39 is 17.5 Å². The zero-order valence-electron chi connectivity index (χ0n) is 14.1. The predicted octanol–water partition coefficient (Wildman–Crippen LogP) is 2.53. The Hall–Kier alpha value is -2.83. The van der Waals surface area contributed by atoms with Crippen LogP contribution >= 0.6 is 0 Å². The maximum atomic E-state index is 13.8. The van der Waals surface area contributed by atoms with Gasteiger partial charge in [0.15, 0.2) is 0 Å². The first kappa shape index (κ1) is 18.0. The first-order chi connectivity index (χ1) is 12.5. The van der Waals surface area contributed by atoms with Crippen molar-refractivity contribution in [1.82, 2.24) is 15.2 Å². The van der Waals surface area contributed by atoms with Crippen LogP contribution in [0.2, 0.25) is 0 Å². The predicted molar refractivity (Wildman–Crippen MR) is 91.1 cm³/mol. The number of benzene rings is 1. The quantitative estimate of drug-likeness (QED) is 0.913. The van der Waals surface area contributed by atoms with Crippen molar-refractivity contribution in [1.29, 1.82) is 0 Å². The van der Waals surface area contributed by atoms with Crippen molar-refractivity contribution in [2.24, 2.45) is 5.92 Å². The standard InChI is InChI=1S/C19H19F2N3O2/c20-14-4-5-16(17(21)11-14)19(26)24-9-6-13(7-10-24)18(25)23-12-15-3-1-2-8-22-15/h1-5,8,11,13H,6-7,9-10,12H2,(H,23,25). The number of nitrogens with one attached hydrogen (secondary N) is 1. The van der Waals surface area contributed by atoms with Gasteiger partial charge in [-0.25, -0.2) is 8.78 Å². The van der Waals surface area contributed by atoms with E-state index in [0.717, 1.165) is 17.8 Å². The van der Waals surface area contributed by atoms with E-state index in [2.05, 4.69) is 10.3 Å². The molecule has 0 atom stereocenters. The topological polar surface area (TPSA) is 62.3 Å². The maximum Gasteiger partial charge on any atom is 0.256 e. The van der Waals surface area contributed by atoms with Crippen LogP contribution < -0.4 is 5.32 Å². The molecule has 1 aromatic carbocycles. The molecule has 3 rings (SSSR count). The molecule has 1 saturated heterocycles. The van der Waals surface area contributed by atoms with Crippen LogP contribution in [0.4, 0.5) is 8.78 Å². The number of hydrogen-bond donors (Lipinski definition) is 1. The summed E-state index contributed by atoms with van der Waals surface area (Å²) in [7, 11) is 0. The van der Waals surface area contributed by atoms with Crippen molar-refractivity contribution in [3.63, 3.8) is 0 Å². The summed E-state index contributed by atoms with van der Waals surface area (Å²) < 4.78 is 26.7. The van der Waals surface area contributed by atoms with Crippen LogP contribution in [0.15, 0.2) is 42.6 Å². The Balaban J connectivity index is 1.52. The number of amides is 2. The van der Waals surface area contributed by atoms with E-state index in [4.69, 9.17) is 0 Å². The van der Waals surface area contributed by atoms with Crippen molar-refractivity contribution in [2.45, 2.75) is 19.4 Å². The van der Waals surface area contributed by atoms with E-state index in [1.165, 1.54) is 4.90 Å². The third kappa shape index (κ3) is 4.22. The smallest absolute Gasteiger partial charge is 0.256 e. The van der Waals surface area contributed by atoms with Crippen LogP contribution in [0.25, 0.3) is 0 Å². The number of likely N-dealkylation sites (tertiary alicyclic amines) is 1. The zero-order chi connectivity index (χ0) is 18.5. The van der Waals surface area contributed by atoms with Gasteiger partial charge in [0.05, 0.1) is 17.8 Å². The second kappa shape index (κ2) is 8.03. The average Bonchev–Trinajstić information content (AvgIpc) is 2.66. The summed E-state index contributed by atoms with van der Waals surface area (Å²) in [6.07, 6.45) is 2.67. The molecule has 0 spiro atoms. The third-order valence-electron chi connectivity index (χ3n) is 4.48. The van der Waals surface area contributed by atoms with Gasteiger partial charge >= 0.3 is 0 Å². The SMILES string of the molecule is O=C(NCc1ccccn1)C1CCN(C(=O)c2ccc(F)cc2F)CC1. The summed E-state index contributed by atoms with van der Waals surface area (Å²) >= 11 is 0. The molecule has 0 bridgehead atoms. The van der Waals surface area contributed by atoms with Crippen molar-refractivity contribution in [3.8, 4) is 0 Å². The molecule has 0 saturated carbocycles. The lowest BCUT2D eigenvalue weighted by atomic mass is 9.95. The Morgan fingerprint density at radius 1 is 1.15 bits per heavy atom. The molecule has 5 nitrogen and oxygen atoms in total. The minimum atomic E-state index is -0.870. The molecule has 1 fully saturated rings. The average molecular weight is 359 g/mol. The molecule has 0 aliphatic carbocycles. The summed E-state index contributed by atoms with van der Waals surface area (Å²) in [6, 6.07) is 8.41. The Morgan fingerprint density at radius 2 is 1.92 bits per heavy atom. The molecule has 2 amide bonds. The molecule has 1 aromatic heterocycles. The first-order valence-corrected chi connectivity index (χ1v) is 8.46. The van der Waals surface area contributed by atoms with Gasteiger partial charge in [-0.1, -0.05) is 6.07 Å². The number of carbonyl (C=O) groups excluding carboxylic acids is 2. The number of carbonyl (C=O) groups is 2. The summed E-state index contributed by atoms with van der Waals surface area (Å²) in [4.78, 5) is 30.3. The molecule has 2 aromatic rings. The summed E-state index contributed by atoms with van der Waals surface area (Å²) in [6.45, 7) is 1.08. The number of piperidine rings is 1. The van der Waals surface area contributed by atoms with E-state index in [-0.39, 0.29) is 17.4 Å². The van der Waals surface area contributed by atoms with Crippen molar-refractivity contribution >= 4 is 11.8 Å². The highest BCUT2D eigenvalue weighted by Crippen LogP contribution is 2.20. The Morgan fingerprint density at radius 3 is 2.58 bits per heavy atom. The highest BCUT2D eigenvalue weighted by atomic mass is 19.1. The molecule has 0 unspecified atom stereocenters. The van der Waals surface area contributed by atoms with Gasteiger partial charge in [0.1, 0.15) is 11.6 Å². The molecule has 2 heterocycles. The molecule has 1 aliphatic heterocycles. The fraction of sp³-hybridized carbons (Fsp3) is 0.316. The molecule has 1 aliphatic rings. The molecular formula is C19H19F2N3O2. The van der Waals surface area contributed by atoms with Gasteiger partial charge in [0.2, 0.25) is 5.91 Å². The fourth-order valence-corrected chi connectivity index (χ4v) is 3.00. The molecule has 136 valence electrons. The van der Waals surface area contributed by atoms with Crippen molar-refractivity contribution < 1.29 is 18.4 Å². The van der Waals surface area contributed by atoms with Crippen molar-refractivity contribution in [3.05, 3.63) is 65.5 Å². The molecule has 0 radical (unpaired) electrons. The Bertz CT molecular complexity index is 791. The largest absolute Gasteiger partial charge is 0.350 e. The number of rotatable bonds is 4. The second-order valence-electron chi connectivity index (χ2n) is 6.23. The number of aromatic nitrogens is 1. The number of halogens is 2. The monoisotopic (exact) mass is 359 g/mol. The van der Waals surface area contributed by atoms with E-state index in [1.54, 1.807) is 6.20 Å². The highest BCUT2D eigenvalue weighted by Gasteiger charge is 2.28. The van der Waals surface area contributed by atoms with Crippen LogP contribution in [0.1, 0.15) is 28.9 Å². The van der Waals surface area contributed by atoms with Crippen LogP contribution in [-0.2, 0) is 11.3 Å². The first-order valence-electron chi connectivity index (χ1n) is 8.46. The van der Waals surface area contributed by atoms with Gasteiger partial charge in [-0.15, -0.1) is 0 Å². The normalized spacial score (nSPS) is 14.9. The highest BCUT2D eigenvalue weighted by molar-refractivity contribution is 5.94. The van der Waals surface area contributed by atoms with E-state index in [0.29, 0.717) is 38.5 Å². The summed E-state index contributed by atoms with van der Waals surface area (Å²) in [5, 5.41) is 2.85. The number of nitrogens with zero attached hydrogens (tertiary/aromatic N) is 2. The van der Waals surface area contributed by atoms with Gasteiger partial charge in [0, 0.05) is 31.3 Å². The van der Waals surface area contributed by atoms with E-state index in [1.807, 2.05) is 18.2 Å². The Kier molecular flexibility index (Phi) is 5.55. The zero-order valence-corrected chi connectivity index (χ0v) is 14.1. The molecule has 1 N–H and O–H groups in total. The lowest BCUT2D eigenvalue weighted by molar-refractivity contribution is -0.126. The molecule has 7 heteroatoms. The van der Waals surface area contributed by atoms with Gasteiger partial charge in [0.25, 0.3) is 5.91 Å². The second-order valence-corrected chi connectivity index (χ2v) is 6.23. The van der Waals surface area contributed by atoms with Crippen LogP contribution in [0.3, 0.4) is 0 Å². The van der Waals surface area contributed by atoms with Crippen LogP contribution in [0, 0.1) is 17.6 Å². The maximum absolute atomic E-state index is 13.8. The lowest BCUT2D eigenvalue weighted by Gasteiger charge is -2.31. The van der Waals surface area contributed by atoms with E-state index in [9.17, 15) is 18.4 Å². The number of hydrogen-bond acceptors (Lipinski definition) is 3.